The van der Waals surface area contributed by atoms with Gasteiger partial charge in [0, 0.05) is 58.2 Å². The Morgan fingerprint density at radius 1 is 1.08 bits per heavy atom. The van der Waals surface area contributed by atoms with Crippen LogP contribution in [-0.2, 0) is 30.8 Å². The van der Waals surface area contributed by atoms with Gasteiger partial charge in [-0.1, -0.05) is 11.3 Å². The summed E-state index contributed by atoms with van der Waals surface area (Å²) < 4.78 is 45.4. The number of nitro benzene ring substituents is 1. The summed E-state index contributed by atoms with van der Waals surface area (Å²) in [4.78, 5) is 28.4. The average molecular weight is 567 g/mol. The maximum absolute atomic E-state index is 13.1. The Morgan fingerprint density at radius 2 is 1.74 bits per heavy atom. The maximum atomic E-state index is 13.1. The van der Waals surface area contributed by atoms with Gasteiger partial charge < -0.3 is 18.8 Å². The molecule has 1 aromatic heterocycles. The zero-order chi connectivity index (χ0) is 27.7. The monoisotopic (exact) mass is 566 g/mol. The summed E-state index contributed by atoms with van der Waals surface area (Å²) in [5, 5.41) is 11.2. The average Bonchev–Trinajstić information content (AvgIpc) is 3.24. The largest absolute Gasteiger partial charge is 0.383 e. The van der Waals surface area contributed by atoms with Crippen LogP contribution in [0.3, 0.4) is 0 Å². The minimum absolute atomic E-state index is 0.0298. The Hall–Kier alpha value is -3.01. The fraction of sp³-hybridized carbons (Fsp3) is 0.417. The van der Waals surface area contributed by atoms with Crippen LogP contribution in [0.4, 0.5) is 5.69 Å². The summed E-state index contributed by atoms with van der Waals surface area (Å²) in [5.41, 5.74) is 0.833. The summed E-state index contributed by atoms with van der Waals surface area (Å²) in [6.07, 6.45) is 0. The molecule has 12 nitrogen and oxygen atoms in total. The van der Waals surface area contributed by atoms with E-state index in [2.05, 4.69) is 4.99 Å². The van der Waals surface area contributed by atoms with Crippen molar-refractivity contribution >= 4 is 43.2 Å². The molecular weight excluding hydrogens is 536 g/mol. The molecule has 0 saturated carbocycles. The number of fused-ring (bicyclic) bond motifs is 1. The summed E-state index contributed by atoms with van der Waals surface area (Å²) in [6.45, 7) is 3.91. The van der Waals surface area contributed by atoms with Gasteiger partial charge in [-0.25, -0.2) is 8.42 Å². The van der Waals surface area contributed by atoms with Crippen LogP contribution >= 0.6 is 11.3 Å². The van der Waals surface area contributed by atoms with Crippen LogP contribution in [0.5, 0.6) is 0 Å². The number of nitrogens with zero attached hydrogens (tertiary/aromatic N) is 4. The van der Waals surface area contributed by atoms with Crippen LogP contribution < -0.4 is 4.80 Å². The van der Waals surface area contributed by atoms with E-state index in [1.165, 1.54) is 54.9 Å². The summed E-state index contributed by atoms with van der Waals surface area (Å²) in [5.74, 6) is -0.573. The van der Waals surface area contributed by atoms with E-state index in [9.17, 15) is 23.3 Å². The van der Waals surface area contributed by atoms with Gasteiger partial charge >= 0.3 is 0 Å². The lowest BCUT2D eigenvalue weighted by Crippen LogP contribution is -2.36. The van der Waals surface area contributed by atoms with Gasteiger partial charge in [0.1, 0.15) is 0 Å². The van der Waals surface area contributed by atoms with Crippen LogP contribution in [0.1, 0.15) is 17.3 Å². The van der Waals surface area contributed by atoms with Crippen LogP contribution in [-0.4, -0.2) is 81.9 Å². The number of methoxy groups -OCH3 is 2. The predicted octanol–water partition coefficient (Wildman–Crippen LogP) is 2.67. The van der Waals surface area contributed by atoms with E-state index < -0.39 is 20.9 Å². The first-order valence-electron chi connectivity index (χ1n) is 11.8. The molecular formula is C24H30N4O8S2. The van der Waals surface area contributed by atoms with Gasteiger partial charge in [0.15, 0.2) is 4.80 Å². The number of amides is 1. The van der Waals surface area contributed by atoms with E-state index in [0.29, 0.717) is 34.8 Å². The smallest absolute Gasteiger partial charge is 0.279 e. The second-order valence-corrected chi connectivity index (χ2v) is 10.9. The lowest BCUT2D eigenvalue weighted by atomic mass is 10.2. The van der Waals surface area contributed by atoms with Crippen LogP contribution in [0, 0.1) is 10.1 Å². The maximum Gasteiger partial charge on any atom is 0.279 e. The molecule has 0 aliphatic heterocycles. The molecule has 2 aromatic carbocycles. The fourth-order valence-electron chi connectivity index (χ4n) is 3.59. The van der Waals surface area contributed by atoms with Gasteiger partial charge in [-0.3, -0.25) is 14.9 Å². The fourth-order valence-corrected chi connectivity index (χ4v) is 6.08. The molecule has 0 aliphatic rings. The molecule has 0 bridgehead atoms. The molecule has 38 heavy (non-hydrogen) atoms. The van der Waals surface area contributed by atoms with Gasteiger partial charge in [-0.15, -0.1) is 0 Å². The molecule has 0 fully saturated rings. The highest BCUT2D eigenvalue weighted by atomic mass is 32.2. The second-order valence-electron chi connectivity index (χ2n) is 7.97. The Kier molecular flexibility index (Phi) is 10.6. The quantitative estimate of drug-likeness (QED) is 0.165. The zero-order valence-electron chi connectivity index (χ0n) is 21.4. The normalized spacial score (nSPS) is 12.5. The highest BCUT2D eigenvalue weighted by Gasteiger charge is 2.24. The van der Waals surface area contributed by atoms with Crippen LogP contribution in [0.25, 0.3) is 10.2 Å². The van der Waals surface area contributed by atoms with Crippen LogP contribution in [0.2, 0.25) is 0 Å². The molecule has 3 rings (SSSR count). The number of carbonyl (C=O) groups is 1. The van der Waals surface area contributed by atoms with Crippen molar-refractivity contribution in [3.05, 3.63) is 62.9 Å². The molecule has 0 aliphatic carbocycles. The van der Waals surface area contributed by atoms with Crippen molar-refractivity contribution in [2.75, 3.05) is 53.7 Å². The molecule has 1 amide bonds. The number of thiazole rings is 1. The van der Waals surface area contributed by atoms with Crippen molar-refractivity contribution in [2.24, 2.45) is 4.99 Å². The Balaban J connectivity index is 1.93. The number of carbonyl (C=O) groups excluding carboxylic acids is 1. The van der Waals surface area contributed by atoms with E-state index in [-0.39, 0.29) is 42.4 Å². The first kappa shape index (κ1) is 29.5. The summed E-state index contributed by atoms with van der Waals surface area (Å²) >= 11 is 1.15. The number of benzene rings is 2. The molecule has 0 N–H and O–H groups in total. The zero-order valence-corrected chi connectivity index (χ0v) is 23.0. The molecule has 3 aromatic rings. The van der Waals surface area contributed by atoms with E-state index in [4.69, 9.17) is 14.2 Å². The van der Waals surface area contributed by atoms with E-state index in [1.807, 2.05) is 6.92 Å². The molecule has 0 spiro atoms. The van der Waals surface area contributed by atoms with Crippen molar-refractivity contribution < 1.29 is 32.3 Å². The van der Waals surface area contributed by atoms with Crippen molar-refractivity contribution in [3.8, 4) is 0 Å². The predicted molar refractivity (Wildman–Crippen MR) is 142 cm³/mol. The third-order valence-electron chi connectivity index (χ3n) is 5.57. The van der Waals surface area contributed by atoms with E-state index >= 15 is 0 Å². The number of non-ortho nitro benzene ring substituents is 1. The van der Waals surface area contributed by atoms with Gasteiger partial charge in [0.25, 0.3) is 11.6 Å². The van der Waals surface area contributed by atoms with E-state index in [1.54, 1.807) is 10.6 Å². The third kappa shape index (κ3) is 7.09. The van der Waals surface area contributed by atoms with Crippen molar-refractivity contribution in [1.29, 1.82) is 0 Å². The highest BCUT2D eigenvalue weighted by molar-refractivity contribution is 7.89. The second kappa shape index (κ2) is 13.7. The number of hydrogen-bond acceptors (Lipinski definition) is 9. The first-order chi connectivity index (χ1) is 18.2. The van der Waals surface area contributed by atoms with Crippen molar-refractivity contribution in [3.63, 3.8) is 0 Å². The lowest BCUT2D eigenvalue weighted by Gasteiger charge is -2.21. The molecule has 0 saturated heterocycles. The van der Waals surface area contributed by atoms with E-state index in [0.717, 1.165) is 11.3 Å². The molecule has 0 radical (unpaired) electrons. The first-order valence-corrected chi connectivity index (χ1v) is 14.0. The van der Waals surface area contributed by atoms with Gasteiger partial charge in [-0.2, -0.15) is 9.30 Å². The van der Waals surface area contributed by atoms with Gasteiger partial charge in [0.2, 0.25) is 10.0 Å². The number of hydrogen-bond donors (Lipinski definition) is 0. The SMILES string of the molecule is CCOCCn1c(=NC(=O)c2ccc(S(=O)(=O)N(CCOC)CCOC)cc2)sc2cc([N+](=O)[O-])ccc21. The van der Waals surface area contributed by atoms with Gasteiger partial charge in [0.05, 0.1) is 39.9 Å². The molecule has 1 heterocycles. The number of aromatic nitrogens is 1. The minimum Gasteiger partial charge on any atom is -0.383 e. The van der Waals surface area contributed by atoms with Crippen molar-refractivity contribution in [1.82, 2.24) is 8.87 Å². The summed E-state index contributed by atoms with van der Waals surface area (Å²) in [7, 11) is -0.856. The Labute approximate surface area is 224 Å². The molecule has 206 valence electrons. The highest BCUT2D eigenvalue weighted by Crippen LogP contribution is 2.23. The number of sulfonamides is 1. The Bertz CT molecular complexity index is 1420. The molecule has 14 heteroatoms. The number of ether oxygens (including phenoxy) is 3. The molecule has 0 atom stereocenters. The standard InChI is InChI=1S/C24H30N4O8S2/c1-4-36-16-13-27-21-10-7-19(28(30)31)17-22(21)37-24(27)25-23(29)18-5-8-20(9-6-18)38(32,33)26(11-14-34-2)12-15-35-3/h5-10,17H,4,11-16H2,1-3H3. The Morgan fingerprint density at radius 3 is 2.32 bits per heavy atom. The molecule has 0 unspecified atom stereocenters. The van der Waals surface area contributed by atoms with Crippen LogP contribution in [0.15, 0.2) is 52.4 Å². The number of nitro groups is 1. The summed E-state index contributed by atoms with van der Waals surface area (Å²) in [6, 6.07) is 10.0. The van der Waals surface area contributed by atoms with Crippen molar-refractivity contribution in [2.45, 2.75) is 18.4 Å². The minimum atomic E-state index is -3.83. The third-order valence-corrected chi connectivity index (χ3v) is 8.52. The topological polar surface area (TPSA) is 143 Å². The lowest BCUT2D eigenvalue weighted by molar-refractivity contribution is -0.384. The van der Waals surface area contributed by atoms with Gasteiger partial charge in [-0.05, 0) is 37.3 Å². The number of rotatable bonds is 14.